The summed E-state index contributed by atoms with van der Waals surface area (Å²) in [7, 11) is 2.06. The van der Waals surface area contributed by atoms with Gasteiger partial charge in [-0.3, -0.25) is 14.7 Å². The summed E-state index contributed by atoms with van der Waals surface area (Å²) in [5, 5.41) is 9.07. The van der Waals surface area contributed by atoms with E-state index in [0.29, 0.717) is 0 Å². The summed E-state index contributed by atoms with van der Waals surface area (Å²) in [6, 6.07) is 4.07. The van der Waals surface area contributed by atoms with Crippen molar-refractivity contribution in [1.29, 1.82) is 0 Å². The van der Waals surface area contributed by atoms with E-state index in [4.69, 9.17) is 5.11 Å². The predicted molar refractivity (Wildman–Crippen MR) is 72.8 cm³/mol. The molecule has 1 saturated heterocycles. The Hall–Kier alpha value is -1.46. The van der Waals surface area contributed by atoms with Crippen molar-refractivity contribution in [2.75, 3.05) is 26.7 Å². The molecule has 0 aliphatic carbocycles. The lowest BCUT2D eigenvalue weighted by atomic mass is 10.1. The Labute approximate surface area is 113 Å². The van der Waals surface area contributed by atoms with Crippen molar-refractivity contribution in [2.45, 2.75) is 25.4 Å². The Morgan fingerprint density at radius 1 is 1.42 bits per heavy atom. The first-order chi connectivity index (χ1) is 9.15. The third kappa shape index (κ3) is 4.29. The number of carboxylic acid groups (broad SMARTS) is 1. The number of likely N-dealkylation sites (N-methyl/N-ethyl adjacent to an activating group) is 1. The number of hydrogen-bond donors (Lipinski definition) is 1. The van der Waals surface area contributed by atoms with Gasteiger partial charge >= 0.3 is 5.97 Å². The summed E-state index contributed by atoms with van der Waals surface area (Å²) in [4.78, 5) is 19.6. The van der Waals surface area contributed by atoms with Gasteiger partial charge in [-0.05, 0) is 37.7 Å². The number of nitrogens with zero attached hydrogens (tertiary/aromatic N) is 3. The maximum atomic E-state index is 11.0. The van der Waals surface area contributed by atoms with Crippen LogP contribution in [0.2, 0.25) is 0 Å². The molecule has 0 saturated carbocycles. The molecule has 1 fully saturated rings. The smallest absolute Gasteiger partial charge is 0.304 e. The van der Waals surface area contributed by atoms with E-state index in [2.05, 4.69) is 21.8 Å². The van der Waals surface area contributed by atoms with Gasteiger partial charge in [0.05, 0.1) is 6.42 Å². The minimum Gasteiger partial charge on any atom is -0.481 e. The minimum atomic E-state index is -0.722. The summed E-state index contributed by atoms with van der Waals surface area (Å²) in [5.74, 6) is -0.722. The Morgan fingerprint density at radius 2 is 2.16 bits per heavy atom. The van der Waals surface area contributed by atoms with Crippen molar-refractivity contribution in [2.24, 2.45) is 0 Å². The first-order valence-corrected chi connectivity index (χ1v) is 6.68. The fraction of sp³-hybridized carbons (Fsp3) is 0.571. The summed E-state index contributed by atoms with van der Waals surface area (Å²) >= 11 is 0. The second kappa shape index (κ2) is 6.63. The average Bonchev–Trinajstić information content (AvgIpc) is 2.52. The lowest BCUT2D eigenvalue weighted by Gasteiger charge is -2.29. The van der Waals surface area contributed by atoms with Crippen molar-refractivity contribution >= 4 is 5.97 Å². The van der Waals surface area contributed by atoms with Crippen LogP contribution in [0.4, 0.5) is 0 Å². The maximum absolute atomic E-state index is 11.0. The molecule has 2 heterocycles. The highest BCUT2D eigenvalue weighted by molar-refractivity contribution is 5.67. The summed E-state index contributed by atoms with van der Waals surface area (Å²) in [5.41, 5.74) is 1.19. The predicted octanol–water partition coefficient (Wildman–Crippen LogP) is 1.06. The number of hydrogen-bond acceptors (Lipinski definition) is 4. The molecule has 0 spiro atoms. The zero-order valence-corrected chi connectivity index (χ0v) is 11.3. The molecule has 5 heteroatoms. The SMILES string of the molecule is CN1CCCN(Cc2ccncc2)C(CC(=O)O)C1. The molecule has 2 rings (SSSR count). The number of rotatable bonds is 4. The zero-order valence-electron chi connectivity index (χ0n) is 11.3. The van der Waals surface area contributed by atoms with Crippen LogP contribution in [0.25, 0.3) is 0 Å². The van der Waals surface area contributed by atoms with Gasteiger partial charge in [0, 0.05) is 38.1 Å². The summed E-state index contributed by atoms with van der Waals surface area (Å²) in [6.45, 7) is 3.60. The normalized spacial score (nSPS) is 22.1. The highest BCUT2D eigenvalue weighted by Gasteiger charge is 2.25. The van der Waals surface area contributed by atoms with E-state index < -0.39 is 5.97 Å². The molecule has 104 valence electrons. The highest BCUT2D eigenvalue weighted by Crippen LogP contribution is 2.15. The molecule has 1 aromatic heterocycles. The lowest BCUT2D eigenvalue weighted by Crippen LogP contribution is -2.41. The maximum Gasteiger partial charge on any atom is 0.304 e. The minimum absolute atomic E-state index is 0.0816. The Kier molecular flexibility index (Phi) is 4.87. The van der Waals surface area contributed by atoms with Crippen LogP contribution in [0.3, 0.4) is 0 Å². The van der Waals surface area contributed by atoms with Gasteiger partial charge in [-0.25, -0.2) is 0 Å². The van der Waals surface area contributed by atoms with Gasteiger partial charge < -0.3 is 10.0 Å². The van der Waals surface area contributed by atoms with E-state index in [-0.39, 0.29) is 12.5 Å². The molecule has 0 bridgehead atoms. The molecule has 1 atom stereocenters. The van der Waals surface area contributed by atoms with Gasteiger partial charge in [0.1, 0.15) is 0 Å². The molecule has 1 unspecified atom stereocenters. The Bertz CT molecular complexity index is 410. The van der Waals surface area contributed by atoms with Crippen molar-refractivity contribution in [3.05, 3.63) is 30.1 Å². The highest BCUT2D eigenvalue weighted by atomic mass is 16.4. The van der Waals surface area contributed by atoms with E-state index in [9.17, 15) is 4.79 Å². The largest absolute Gasteiger partial charge is 0.481 e. The Morgan fingerprint density at radius 3 is 2.84 bits per heavy atom. The number of carbonyl (C=O) groups is 1. The number of aliphatic carboxylic acids is 1. The topological polar surface area (TPSA) is 56.7 Å². The third-order valence-electron chi connectivity index (χ3n) is 3.57. The van der Waals surface area contributed by atoms with Gasteiger partial charge in [0.15, 0.2) is 0 Å². The third-order valence-corrected chi connectivity index (χ3v) is 3.57. The van der Waals surface area contributed by atoms with E-state index in [1.807, 2.05) is 12.1 Å². The van der Waals surface area contributed by atoms with Crippen LogP contribution in [0.5, 0.6) is 0 Å². The van der Waals surface area contributed by atoms with Crippen molar-refractivity contribution in [1.82, 2.24) is 14.8 Å². The van der Waals surface area contributed by atoms with Crippen molar-refractivity contribution in [3.8, 4) is 0 Å². The van der Waals surface area contributed by atoms with Crippen LogP contribution in [0.1, 0.15) is 18.4 Å². The number of carboxylic acids is 1. The molecule has 1 aliphatic heterocycles. The van der Waals surface area contributed by atoms with Gasteiger partial charge in [-0.2, -0.15) is 0 Å². The molecular weight excluding hydrogens is 242 g/mol. The summed E-state index contributed by atoms with van der Waals surface area (Å²) in [6.07, 6.45) is 4.85. The monoisotopic (exact) mass is 263 g/mol. The average molecular weight is 263 g/mol. The second-order valence-corrected chi connectivity index (χ2v) is 5.19. The molecule has 0 radical (unpaired) electrons. The van der Waals surface area contributed by atoms with Crippen LogP contribution < -0.4 is 0 Å². The van der Waals surface area contributed by atoms with Crippen LogP contribution >= 0.6 is 0 Å². The lowest BCUT2D eigenvalue weighted by molar-refractivity contribution is -0.138. The Balaban J connectivity index is 2.07. The van der Waals surface area contributed by atoms with Crippen LogP contribution in [0.15, 0.2) is 24.5 Å². The first-order valence-electron chi connectivity index (χ1n) is 6.68. The van der Waals surface area contributed by atoms with Crippen molar-refractivity contribution < 1.29 is 9.90 Å². The standard InChI is InChI=1S/C14H21N3O2/c1-16-7-2-8-17(13(11-16)9-14(18)19)10-12-3-5-15-6-4-12/h3-6,13H,2,7-11H2,1H3,(H,18,19). The molecular formula is C14H21N3O2. The molecule has 1 N–H and O–H groups in total. The van der Waals surface area contributed by atoms with Gasteiger partial charge in [-0.15, -0.1) is 0 Å². The van der Waals surface area contributed by atoms with Gasteiger partial charge in [-0.1, -0.05) is 0 Å². The molecule has 1 aromatic rings. The zero-order chi connectivity index (χ0) is 13.7. The fourth-order valence-electron chi connectivity index (χ4n) is 2.62. The van der Waals surface area contributed by atoms with Crippen LogP contribution in [0, 0.1) is 0 Å². The van der Waals surface area contributed by atoms with Gasteiger partial charge in [0.25, 0.3) is 0 Å². The molecule has 19 heavy (non-hydrogen) atoms. The van der Waals surface area contributed by atoms with E-state index in [0.717, 1.165) is 32.6 Å². The second-order valence-electron chi connectivity index (χ2n) is 5.19. The van der Waals surface area contributed by atoms with Crippen LogP contribution in [-0.4, -0.2) is 58.6 Å². The quantitative estimate of drug-likeness (QED) is 0.880. The molecule has 5 nitrogen and oxygen atoms in total. The number of pyridine rings is 1. The van der Waals surface area contributed by atoms with E-state index in [1.165, 1.54) is 5.56 Å². The number of aromatic nitrogens is 1. The molecule has 0 amide bonds. The van der Waals surface area contributed by atoms with Crippen molar-refractivity contribution in [3.63, 3.8) is 0 Å². The molecule has 1 aliphatic rings. The summed E-state index contributed by atoms with van der Waals surface area (Å²) < 4.78 is 0. The van der Waals surface area contributed by atoms with E-state index in [1.54, 1.807) is 12.4 Å². The van der Waals surface area contributed by atoms with E-state index >= 15 is 0 Å². The molecule has 0 aromatic carbocycles. The first kappa shape index (κ1) is 14.0. The van der Waals surface area contributed by atoms with Crippen LogP contribution in [-0.2, 0) is 11.3 Å². The fourth-order valence-corrected chi connectivity index (χ4v) is 2.62. The van der Waals surface area contributed by atoms with Gasteiger partial charge in [0.2, 0.25) is 0 Å².